The molecule has 0 spiro atoms. The predicted octanol–water partition coefficient (Wildman–Crippen LogP) is 7.93. The highest BCUT2D eigenvalue weighted by molar-refractivity contribution is 5.91. The lowest BCUT2D eigenvalue weighted by Gasteiger charge is -2.27. The van der Waals surface area contributed by atoms with E-state index in [4.69, 9.17) is 14.2 Å². The van der Waals surface area contributed by atoms with Gasteiger partial charge in [0.25, 0.3) is 0 Å². The van der Waals surface area contributed by atoms with Crippen molar-refractivity contribution in [2.45, 2.75) is 77.6 Å². The number of carbonyl (C=O) groups is 2. The van der Waals surface area contributed by atoms with Crippen LogP contribution in [-0.4, -0.2) is 18.5 Å². The first-order chi connectivity index (χ1) is 17.6. The molecule has 36 heavy (non-hydrogen) atoms. The van der Waals surface area contributed by atoms with Gasteiger partial charge in [0.15, 0.2) is 0 Å². The summed E-state index contributed by atoms with van der Waals surface area (Å²) in [5.74, 6) is 1.72. The summed E-state index contributed by atoms with van der Waals surface area (Å²) in [6, 6.07) is 13.5. The number of benzene rings is 2. The van der Waals surface area contributed by atoms with Gasteiger partial charge in [-0.05, 0) is 99.4 Å². The molecule has 1 saturated carbocycles. The summed E-state index contributed by atoms with van der Waals surface area (Å²) < 4.78 is 16.8. The summed E-state index contributed by atoms with van der Waals surface area (Å²) in [6.07, 6.45) is 14.1. The third kappa shape index (κ3) is 9.18. The summed E-state index contributed by atoms with van der Waals surface area (Å²) in [4.78, 5) is 25.1. The molecule has 0 bridgehead atoms. The molecule has 2 aromatic carbocycles. The van der Waals surface area contributed by atoms with Gasteiger partial charge < -0.3 is 14.2 Å². The molecule has 0 heterocycles. The van der Waals surface area contributed by atoms with E-state index in [1.165, 1.54) is 25.7 Å². The van der Waals surface area contributed by atoms with Gasteiger partial charge in [0.05, 0.1) is 18.1 Å². The minimum atomic E-state index is -0.451. The van der Waals surface area contributed by atoms with E-state index in [0.717, 1.165) is 56.6 Å². The largest absolute Gasteiger partial charge is 0.494 e. The zero-order valence-electron chi connectivity index (χ0n) is 21.6. The van der Waals surface area contributed by atoms with Crippen molar-refractivity contribution in [2.24, 2.45) is 11.8 Å². The summed E-state index contributed by atoms with van der Waals surface area (Å²) in [6.45, 7) is 6.57. The number of ether oxygens (including phenoxy) is 3. The van der Waals surface area contributed by atoms with Gasteiger partial charge >= 0.3 is 11.9 Å². The van der Waals surface area contributed by atoms with Gasteiger partial charge in [0, 0.05) is 0 Å². The van der Waals surface area contributed by atoms with Crippen molar-refractivity contribution in [3.8, 4) is 17.2 Å². The molecule has 0 aromatic heterocycles. The van der Waals surface area contributed by atoms with Crippen molar-refractivity contribution in [2.75, 3.05) is 6.61 Å². The van der Waals surface area contributed by atoms with Gasteiger partial charge in [-0.2, -0.15) is 0 Å². The molecule has 3 rings (SSSR count). The maximum absolute atomic E-state index is 12.6. The predicted molar refractivity (Wildman–Crippen MR) is 143 cm³/mol. The molecule has 194 valence electrons. The minimum absolute atomic E-state index is 0.0241. The highest BCUT2D eigenvalue weighted by Crippen LogP contribution is 2.33. The van der Waals surface area contributed by atoms with Gasteiger partial charge in [0.2, 0.25) is 0 Å². The number of hydrogen-bond acceptors (Lipinski definition) is 5. The first-order valence-corrected chi connectivity index (χ1v) is 13.5. The van der Waals surface area contributed by atoms with Crippen molar-refractivity contribution in [3.05, 3.63) is 66.7 Å². The molecule has 2 aromatic rings. The minimum Gasteiger partial charge on any atom is -0.494 e. The first kappa shape index (κ1) is 27.5. The Labute approximate surface area is 215 Å². The molecule has 0 saturated heterocycles. The molecule has 1 aliphatic carbocycles. The van der Waals surface area contributed by atoms with E-state index in [1.54, 1.807) is 48.5 Å². The molecule has 1 fully saturated rings. The fourth-order valence-electron chi connectivity index (χ4n) is 4.58. The van der Waals surface area contributed by atoms with Crippen LogP contribution in [0, 0.1) is 11.8 Å². The lowest BCUT2D eigenvalue weighted by atomic mass is 9.80. The molecule has 0 amide bonds. The van der Waals surface area contributed by atoms with Crippen LogP contribution >= 0.6 is 0 Å². The van der Waals surface area contributed by atoms with Crippen LogP contribution in [-0.2, 0) is 4.79 Å². The van der Waals surface area contributed by atoms with E-state index in [0.29, 0.717) is 23.7 Å². The number of unbranched alkanes of at least 4 members (excludes halogenated alkanes) is 4. The second-order valence-corrected chi connectivity index (χ2v) is 9.65. The van der Waals surface area contributed by atoms with E-state index in [2.05, 4.69) is 13.5 Å². The standard InChI is InChI=1S/C31H40O5/c1-3-5-7-9-23-34-27-17-15-26(16-18-27)31(33)36-29-21-19-28(20-22-29)35-30(32)25-13-11-24(12-14-25)10-8-6-4-2/h3,15-22,24-25H,1,4-14,23H2,2H3/t24-,25-. The van der Waals surface area contributed by atoms with Gasteiger partial charge in [0.1, 0.15) is 17.2 Å². The van der Waals surface area contributed by atoms with Crippen LogP contribution in [0.4, 0.5) is 0 Å². The van der Waals surface area contributed by atoms with Gasteiger partial charge in [-0.3, -0.25) is 4.79 Å². The quantitative estimate of drug-likeness (QED) is 0.116. The Morgan fingerprint density at radius 3 is 2.11 bits per heavy atom. The van der Waals surface area contributed by atoms with Crippen LogP contribution in [0.15, 0.2) is 61.2 Å². The number of carbonyl (C=O) groups excluding carboxylic acids is 2. The Bertz CT molecular complexity index is 940. The molecule has 0 aliphatic heterocycles. The van der Waals surface area contributed by atoms with Crippen molar-refractivity contribution < 1.29 is 23.8 Å². The third-order valence-corrected chi connectivity index (χ3v) is 6.81. The van der Waals surface area contributed by atoms with Crippen molar-refractivity contribution in [1.29, 1.82) is 0 Å². The van der Waals surface area contributed by atoms with Gasteiger partial charge in [-0.25, -0.2) is 4.79 Å². The summed E-state index contributed by atoms with van der Waals surface area (Å²) in [7, 11) is 0. The lowest BCUT2D eigenvalue weighted by Crippen LogP contribution is -2.25. The average Bonchev–Trinajstić information content (AvgIpc) is 2.90. The Balaban J connectivity index is 1.40. The van der Waals surface area contributed by atoms with E-state index < -0.39 is 5.97 Å². The summed E-state index contributed by atoms with van der Waals surface area (Å²) >= 11 is 0. The Kier molecular flexibility index (Phi) is 11.6. The molecule has 0 atom stereocenters. The second kappa shape index (κ2) is 15.1. The Morgan fingerprint density at radius 2 is 1.47 bits per heavy atom. The summed E-state index contributed by atoms with van der Waals surface area (Å²) in [5.41, 5.74) is 0.440. The zero-order valence-corrected chi connectivity index (χ0v) is 21.6. The maximum atomic E-state index is 12.6. The van der Waals surface area contributed by atoms with Crippen molar-refractivity contribution in [3.63, 3.8) is 0 Å². The van der Waals surface area contributed by atoms with Crippen LogP contribution in [0.3, 0.4) is 0 Å². The molecule has 5 nitrogen and oxygen atoms in total. The van der Waals surface area contributed by atoms with E-state index in [1.807, 2.05) is 6.08 Å². The number of allylic oxidation sites excluding steroid dienone is 1. The third-order valence-electron chi connectivity index (χ3n) is 6.81. The summed E-state index contributed by atoms with van der Waals surface area (Å²) in [5, 5.41) is 0. The molecule has 0 unspecified atom stereocenters. The monoisotopic (exact) mass is 492 g/mol. The highest BCUT2D eigenvalue weighted by Gasteiger charge is 2.27. The average molecular weight is 493 g/mol. The number of hydrogen-bond donors (Lipinski definition) is 0. The fourth-order valence-corrected chi connectivity index (χ4v) is 4.58. The molecule has 1 aliphatic rings. The molecule has 0 radical (unpaired) electrons. The van der Waals surface area contributed by atoms with Crippen molar-refractivity contribution in [1.82, 2.24) is 0 Å². The van der Waals surface area contributed by atoms with Gasteiger partial charge in [-0.1, -0.05) is 38.7 Å². The molecular formula is C31H40O5. The zero-order chi connectivity index (χ0) is 25.6. The van der Waals surface area contributed by atoms with Crippen LogP contribution in [0.5, 0.6) is 17.2 Å². The number of esters is 2. The smallest absolute Gasteiger partial charge is 0.343 e. The maximum Gasteiger partial charge on any atom is 0.343 e. The van der Waals surface area contributed by atoms with Crippen LogP contribution in [0.1, 0.15) is 87.9 Å². The molecule has 5 heteroatoms. The normalized spacial score (nSPS) is 17.2. The molecule has 0 N–H and O–H groups in total. The highest BCUT2D eigenvalue weighted by atomic mass is 16.5. The van der Waals surface area contributed by atoms with Gasteiger partial charge in [-0.15, -0.1) is 6.58 Å². The molecular weight excluding hydrogens is 452 g/mol. The van der Waals surface area contributed by atoms with Crippen LogP contribution in [0.2, 0.25) is 0 Å². The van der Waals surface area contributed by atoms with Crippen molar-refractivity contribution >= 4 is 11.9 Å². The van der Waals surface area contributed by atoms with Crippen LogP contribution < -0.4 is 14.2 Å². The van der Waals surface area contributed by atoms with Crippen LogP contribution in [0.25, 0.3) is 0 Å². The Hall–Kier alpha value is -3.08. The van der Waals surface area contributed by atoms with E-state index in [9.17, 15) is 9.59 Å². The number of rotatable bonds is 14. The second-order valence-electron chi connectivity index (χ2n) is 9.65. The lowest BCUT2D eigenvalue weighted by molar-refractivity contribution is -0.140. The van der Waals surface area contributed by atoms with E-state index in [-0.39, 0.29) is 11.9 Å². The topological polar surface area (TPSA) is 61.8 Å². The fraction of sp³-hybridized carbons (Fsp3) is 0.484. The van der Waals surface area contributed by atoms with E-state index >= 15 is 0 Å². The Morgan fingerprint density at radius 1 is 0.833 bits per heavy atom. The first-order valence-electron chi connectivity index (χ1n) is 13.5. The SMILES string of the molecule is C=CCCCCOc1ccc(C(=O)Oc2ccc(OC(=O)[C@H]3CC[C@H](CCCCC)CC3)cc2)cc1.